The Kier molecular flexibility index (Phi) is 5.16. The van der Waals surface area contributed by atoms with E-state index in [4.69, 9.17) is 0 Å². The number of fused-ring (bicyclic) bond motifs is 1. The second kappa shape index (κ2) is 8.14. The summed E-state index contributed by atoms with van der Waals surface area (Å²) in [7, 11) is 0. The maximum atomic E-state index is 14.1. The van der Waals surface area contributed by atoms with E-state index in [9.17, 15) is 18.4 Å². The Hall–Kier alpha value is -3.62. The molecule has 0 saturated heterocycles. The number of pyridine rings is 2. The summed E-state index contributed by atoms with van der Waals surface area (Å²) in [5.41, 5.74) is 2.28. The van der Waals surface area contributed by atoms with Gasteiger partial charge < -0.3 is 15.2 Å². The zero-order valence-electron chi connectivity index (χ0n) is 17.2. The summed E-state index contributed by atoms with van der Waals surface area (Å²) in [5, 5.41) is 3.82. The topological polar surface area (TPSA) is 91.0 Å². The van der Waals surface area contributed by atoms with Crippen LogP contribution in [0.1, 0.15) is 41.6 Å². The van der Waals surface area contributed by atoms with Gasteiger partial charge in [-0.15, -0.1) is 0 Å². The molecule has 3 aromatic rings. The average Bonchev–Trinajstić information content (AvgIpc) is 3.57. The molecule has 0 bridgehead atoms. The fourth-order valence-electron chi connectivity index (χ4n) is 4.00. The highest BCUT2D eigenvalue weighted by Crippen LogP contribution is 2.33. The van der Waals surface area contributed by atoms with Gasteiger partial charge in [-0.25, -0.2) is 14.4 Å². The normalized spacial score (nSPS) is 16.6. The fraction of sp³-hybridized carbons (Fsp3) is 0.304. The lowest BCUT2D eigenvalue weighted by molar-refractivity contribution is -0.117. The molecule has 2 amide bonds. The van der Waals surface area contributed by atoms with Crippen LogP contribution in [0.5, 0.6) is 0 Å². The smallest absolute Gasteiger partial charge is 0.257 e. The SMILES string of the molecule is O=C(Nc1cc(C2=CCN(C(=O)c3ccnc(F)c3F)CCC2)c2cc[nH]c2n1)C1CC1. The third kappa shape index (κ3) is 3.86. The van der Waals surface area contributed by atoms with E-state index in [1.165, 1.54) is 11.0 Å². The Morgan fingerprint density at radius 2 is 2.06 bits per heavy atom. The zero-order chi connectivity index (χ0) is 22.2. The van der Waals surface area contributed by atoms with E-state index in [0.29, 0.717) is 30.9 Å². The Labute approximate surface area is 182 Å². The number of nitrogens with one attached hydrogen (secondary N) is 2. The Morgan fingerprint density at radius 3 is 2.88 bits per heavy atom. The third-order valence-electron chi connectivity index (χ3n) is 5.87. The highest BCUT2D eigenvalue weighted by molar-refractivity contribution is 5.98. The first-order chi connectivity index (χ1) is 15.5. The van der Waals surface area contributed by atoms with Gasteiger partial charge in [-0.2, -0.15) is 4.39 Å². The van der Waals surface area contributed by atoms with Crippen LogP contribution in [0.3, 0.4) is 0 Å². The van der Waals surface area contributed by atoms with Crippen molar-refractivity contribution in [3.8, 4) is 0 Å². The maximum absolute atomic E-state index is 14.1. The fourth-order valence-corrected chi connectivity index (χ4v) is 4.00. The van der Waals surface area contributed by atoms with Crippen LogP contribution < -0.4 is 5.32 Å². The van der Waals surface area contributed by atoms with E-state index < -0.39 is 17.7 Å². The van der Waals surface area contributed by atoms with Crippen molar-refractivity contribution < 1.29 is 18.4 Å². The van der Waals surface area contributed by atoms with Gasteiger partial charge >= 0.3 is 0 Å². The van der Waals surface area contributed by atoms with Gasteiger partial charge in [0.15, 0.2) is 5.82 Å². The van der Waals surface area contributed by atoms with Crippen LogP contribution in [0, 0.1) is 17.7 Å². The molecule has 1 aliphatic carbocycles. The maximum Gasteiger partial charge on any atom is 0.257 e. The van der Waals surface area contributed by atoms with Crippen LogP contribution in [0.25, 0.3) is 16.6 Å². The van der Waals surface area contributed by atoms with Crippen LogP contribution >= 0.6 is 0 Å². The molecule has 4 heterocycles. The van der Waals surface area contributed by atoms with Crippen LogP contribution in [-0.2, 0) is 4.79 Å². The first-order valence-corrected chi connectivity index (χ1v) is 10.6. The number of amides is 2. The van der Waals surface area contributed by atoms with Gasteiger partial charge in [0.25, 0.3) is 5.91 Å². The number of halogens is 2. The van der Waals surface area contributed by atoms with E-state index >= 15 is 0 Å². The van der Waals surface area contributed by atoms with E-state index in [2.05, 4.69) is 20.3 Å². The number of aromatic amines is 1. The number of nitrogens with zero attached hydrogens (tertiary/aromatic N) is 3. The minimum Gasteiger partial charge on any atom is -0.346 e. The van der Waals surface area contributed by atoms with Crippen molar-refractivity contribution in [1.82, 2.24) is 19.9 Å². The number of hydrogen-bond donors (Lipinski definition) is 2. The predicted molar refractivity (Wildman–Crippen MR) is 115 cm³/mol. The molecular weight excluding hydrogens is 416 g/mol. The number of aromatic nitrogens is 3. The molecule has 1 fully saturated rings. The monoisotopic (exact) mass is 437 g/mol. The van der Waals surface area contributed by atoms with Gasteiger partial charge in [0.05, 0.1) is 5.56 Å². The summed E-state index contributed by atoms with van der Waals surface area (Å²) in [6.45, 7) is 0.671. The van der Waals surface area contributed by atoms with Gasteiger partial charge in [-0.05, 0) is 55.0 Å². The molecule has 0 unspecified atom stereocenters. The number of carbonyl (C=O) groups is 2. The number of anilines is 1. The molecule has 2 aliphatic rings. The number of carbonyl (C=O) groups excluding carboxylic acids is 2. The largest absolute Gasteiger partial charge is 0.346 e. The molecule has 9 heteroatoms. The van der Waals surface area contributed by atoms with Crippen molar-refractivity contribution in [2.24, 2.45) is 5.92 Å². The molecule has 3 aromatic heterocycles. The zero-order valence-corrected chi connectivity index (χ0v) is 17.2. The van der Waals surface area contributed by atoms with Crippen molar-refractivity contribution in [2.45, 2.75) is 25.7 Å². The van der Waals surface area contributed by atoms with E-state index in [1.54, 1.807) is 6.20 Å². The number of hydrogen-bond acceptors (Lipinski definition) is 4. The molecule has 1 saturated carbocycles. The number of rotatable bonds is 4. The van der Waals surface area contributed by atoms with Gasteiger partial charge in [0.2, 0.25) is 11.9 Å². The molecule has 0 atom stereocenters. The second-order valence-electron chi connectivity index (χ2n) is 8.11. The second-order valence-corrected chi connectivity index (χ2v) is 8.11. The van der Waals surface area contributed by atoms with Crippen LogP contribution in [-0.4, -0.2) is 44.8 Å². The summed E-state index contributed by atoms with van der Waals surface area (Å²) in [5.74, 6) is -2.55. The average molecular weight is 437 g/mol. The van der Waals surface area contributed by atoms with Gasteiger partial charge in [0, 0.05) is 36.8 Å². The van der Waals surface area contributed by atoms with Crippen LogP contribution in [0.4, 0.5) is 14.6 Å². The summed E-state index contributed by atoms with van der Waals surface area (Å²) in [4.78, 5) is 37.3. The number of H-pyrrole nitrogens is 1. The minimum absolute atomic E-state index is 0.0208. The first-order valence-electron chi connectivity index (χ1n) is 10.6. The van der Waals surface area contributed by atoms with Crippen molar-refractivity contribution >= 4 is 34.2 Å². The Balaban J connectivity index is 1.43. The lowest BCUT2D eigenvalue weighted by Crippen LogP contribution is -2.32. The van der Waals surface area contributed by atoms with Crippen molar-refractivity contribution in [2.75, 3.05) is 18.4 Å². The molecule has 7 nitrogen and oxygen atoms in total. The molecule has 164 valence electrons. The van der Waals surface area contributed by atoms with Crippen LogP contribution in [0.15, 0.2) is 36.7 Å². The van der Waals surface area contributed by atoms with E-state index in [1.807, 2.05) is 18.2 Å². The first kappa shape index (κ1) is 20.3. The molecule has 0 aromatic carbocycles. The summed E-state index contributed by atoms with van der Waals surface area (Å²) in [6, 6.07) is 4.98. The summed E-state index contributed by atoms with van der Waals surface area (Å²) < 4.78 is 27.5. The summed E-state index contributed by atoms with van der Waals surface area (Å²) in [6.07, 6.45) is 7.96. The molecule has 0 radical (unpaired) electrons. The van der Waals surface area contributed by atoms with Crippen molar-refractivity contribution in [3.05, 3.63) is 59.6 Å². The molecule has 2 N–H and O–H groups in total. The molecule has 1 aliphatic heterocycles. The quantitative estimate of drug-likeness (QED) is 0.606. The van der Waals surface area contributed by atoms with Crippen molar-refractivity contribution in [3.63, 3.8) is 0 Å². The van der Waals surface area contributed by atoms with Gasteiger partial charge in [-0.3, -0.25) is 9.59 Å². The van der Waals surface area contributed by atoms with E-state index in [-0.39, 0.29) is 23.9 Å². The molecule has 32 heavy (non-hydrogen) atoms. The molecule has 5 rings (SSSR count). The predicted octanol–water partition coefficient (Wildman–Crippen LogP) is 3.90. The number of allylic oxidation sites excluding steroid dienone is 1. The lowest BCUT2D eigenvalue weighted by atomic mass is 9.99. The Morgan fingerprint density at radius 1 is 1.22 bits per heavy atom. The Bertz CT molecular complexity index is 1250. The van der Waals surface area contributed by atoms with Gasteiger partial charge in [0.1, 0.15) is 11.5 Å². The van der Waals surface area contributed by atoms with Crippen LogP contribution in [0.2, 0.25) is 0 Å². The highest BCUT2D eigenvalue weighted by atomic mass is 19.2. The minimum atomic E-state index is -1.28. The third-order valence-corrected chi connectivity index (χ3v) is 5.87. The lowest BCUT2D eigenvalue weighted by Gasteiger charge is -2.19. The summed E-state index contributed by atoms with van der Waals surface area (Å²) >= 11 is 0. The highest BCUT2D eigenvalue weighted by Gasteiger charge is 2.30. The van der Waals surface area contributed by atoms with Gasteiger partial charge in [-0.1, -0.05) is 6.08 Å². The standard InChI is InChI=1S/C23H21F2N5O2/c24-19-16(6-8-26-20(19)25)23(32)30-10-1-2-13(7-11-30)17-12-18(29-22(31)14-3-4-14)28-21-15(17)5-9-27-21/h5-9,12,14H,1-4,10-11H2,(H2,27,28,29,31). The molecule has 0 spiro atoms. The van der Waals surface area contributed by atoms with Crippen molar-refractivity contribution in [1.29, 1.82) is 0 Å². The van der Waals surface area contributed by atoms with E-state index in [0.717, 1.165) is 35.6 Å². The molecular formula is C23H21F2N5O2.